The predicted octanol–water partition coefficient (Wildman–Crippen LogP) is 2.05. The maximum atomic E-state index is 9.96. The fourth-order valence-electron chi connectivity index (χ4n) is 4.65. The molecule has 0 unspecified atom stereocenters. The van der Waals surface area contributed by atoms with Gasteiger partial charge in [0.1, 0.15) is 0 Å². The van der Waals surface area contributed by atoms with E-state index in [-0.39, 0.29) is 0 Å². The highest BCUT2D eigenvalue weighted by molar-refractivity contribution is 5.48. The zero-order valence-electron chi connectivity index (χ0n) is 15.0. The average molecular weight is 341 g/mol. The molecule has 2 heterocycles. The zero-order valence-corrected chi connectivity index (χ0v) is 15.0. The van der Waals surface area contributed by atoms with Crippen LogP contribution in [0.5, 0.6) is 0 Å². The molecule has 2 aromatic rings. The van der Waals surface area contributed by atoms with E-state index in [1.54, 1.807) is 0 Å². The lowest BCUT2D eigenvalue weighted by molar-refractivity contribution is -0.0372. The van der Waals surface area contributed by atoms with Gasteiger partial charge in [-0.05, 0) is 67.3 Å². The van der Waals surface area contributed by atoms with Crippen LogP contribution in [0, 0.1) is 25.7 Å². The van der Waals surface area contributed by atoms with Crippen molar-refractivity contribution in [2.45, 2.75) is 45.4 Å². The quantitative estimate of drug-likeness (QED) is 0.897. The summed E-state index contributed by atoms with van der Waals surface area (Å²) in [5.41, 5.74) is 5.00. The molecule has 1 saturated carbocycles. The standard InChI is InChI=1S/C20H27N3O2/c1-13-6-14(2)17(18(7-13)23-5-3-4-21-23)12-22-10-15-8-19(24)20(25)9-16(15)11-22/h3-7,15-16,19-20,24-25H,8-12H2,1-2H3/t15-,16+,19-,20-/m0/s1. The number of fused-ring (bicyclic) bond motifs is 1. The van der Waals surface area contributed by atoms with E-state index in [1.807, 2.05) is 23.1 Å². The van der Waals surface area contributed by atoms with Crippen LogP contribution in [0.15, 0.2) is 30.6 Å². The predicted molar refractivity (Wildman–Crippen MR) is 96.5 cm³/mol. The fourth-order valence-corrected chi connectivity index (χ4v) is 4.65. The van der Waals surface area contributed by atoms with E-state index in [0.717, 1.165) is 38.2 Å². The first kappa shape index (κ1) is 16.8. The van der Waals surface area contributed by atoms with E-state index in [2.05, 4.69) is 36.0 Å². The molecule has 134 valence electrons. The smallest absolute Gasteiger partial charge is 0.0802 e. The first-order valence-corrected chi connectivity index (χ1v) is 9.20. The first-order chi connectivity index (χ1) is 12.0. The Balaban J connectivity index is 1.58. The molecule has 0 amide bonds. The number of benzene rings is 1. The number of aliphatic hydroxyl groups is 2. The maximum Gasteiger partial charge on any atom is 0.0802 e. The molecule has 1 aromatic heterocycles. The van der Waals surface area contributed by atoms with Gasteiger partial charge in [-0.25, -0.2) is 4.68 Å². The van der Waals surface area contributed by atoms with Crippen LogP contribution in [0.2, 0.25) is 0 Å². The second-order valence-electron chi connectivity index (χ2n) is 7.85. The molecule has 1 aromatic carbocycles. The van der Waals surface area contributed by atoms with Crippen LogP contribution in [-0.4, -0.2) is 50.2 Å². The second kappa shape index (κ2) is 6.56. The average Bonchev–Trinajstić information content (AvgIpc) is 3.20. The Bertz CT molecular complexity index is 726. The van der Waals surface area contributed by atoms with Crippen molar-refractivity contribution in [2.24, 2.45) is 11.8 Å². The number of aryl methyl sites for hydroxylation is 2. The van der Waals surface area contributed by atoms with E-state index in [0.29, 0.717) is 11.8 Å². The number of nitrogens with zero attached hydrogens (tertiary/aromatic N) is 3. The zero-order chi connectivity index (χ0) is 17.6. The van der Waals surface area contributed by atoms with Gasteiger partial charge in [0.2, 0.25) is 0 Å². The van der Waals surface area contributed by atoms with E-state index in [4.69, 9.17) is 0 Å². The van der Waals surface area contributed by atoms with Gasteiger partial charge in [0.05, 0.1) is 17.9 Å². The van der Waals surface area contributed by atoms with Gasteiger partial charge in [-0.2, -0.15) is 5.10 Å². The lowest BCUT2D eigenvalue weighted by atomic mass is 9.79. The molecule has 1 aliphatic heterocycles. The summed E-state index contributed by atoms with van der Waals surface area (Å²) >= 11 is 0. The van der Waals surface area contributed by atoms with Crippen LogP contribution in [0.25, 0.3) is 5.69 Å². The number of aliphatic hydroxyl groups excluding tert-OH is 2. The summed E-state index contributed by atoms with van der Waals surface area (Å²) in [5.74, 6) is 0.995. The molecule has 1 aliphatic carbocycles. The van der Waals surface area contributed by atoms with Crippen LogP contribution in [0.1, 0.15) is 29.5 Å². The summed E-state index contributed by atoms with van der Waals surface area (Å²) < 4.78 is 1.95. The molecule has 0 spiro atoms. The Morgan fingerprint density at radius 3 is 2.36 bits per heavy atom. The fraction of sp³-hybridized carbons (Fsp3) is 0.550. The highest BCUT2D eigenvalue weighted by Crippen LogP contribution is 2.37. The molecule has 2 fully saturated rings. The summed E-state index contributed by atoms with van der Waals surface area (Å²) in [7, 11) is 0. The van der Waals surface area contributed by atoms with Crippen molar-refractivity contribution in [2.75, 3.05) is 13.1 Å². The Hall–Kier alpha value is -1.69. The normalized spacial score (nSPS) is 29.8. The van der Waals surface area contributed by atoms with Crippen LogP contribution < -0.4 is 0 Å². The molecule has 5 heteroatoms. The van der Waals surface area contributed by atoms with Crippen LogP contribution >= 0.6 is 0 Å². The Kier molecular flexibility index (Phi) is 4.40. The van der Waals surface area contributed by atoms with Crippen LogP contribution in [0.4, 0.5) is 0 Å². The van der Waals surface area contributed by atoms with E-state index in [1.165, 1.54) is 16.7 Å². The number of hydrogen-bond donors (Lipinski definition) is 2. The molecule has 4 atom stereocenters. The Morgan fingerprint density at radius 1 is 1.08 bits per heavy atom. The van der Waals surface area contributed by atoms with Gasteiger partial charge < -0.3 is 10.2 Å². The lowest BCUT2D eigenvalue weighted by Crippen LogP contribution is -2.38. The molecular formula is C20H27N3O2. The van der Waals surface area contributed by atoms with Crippen molar-refractivity contribution in [1.82, 2.24) is 14.7 Å². The third-order valence-corrected chi connectivity index (χ3v) is 5.91. The number of aromatic nitrogens is 2. The third kappa shape index (κ3) is 3.24. The summed E-state index contributed by atoms with van der Waals surface area (Å²) in [6.07, 6.45) is 4.15. The molecular weight excluding hydrogens is 314 g/mol. The number of hydrogen-bond acceptors (Lipinski definition) is 4. The molecule has 2 N–H and O–H groups in total. The summed E-state index contributed by atoms with van der Waals surface area (Å²) in [6.45, 7) is 7.18. The van der Waals surface area contributed by atoms with Gasteiger partial charge in [-0.15, -0.1) is 0 Å². The minimum Gasteiger partial charge on any atom is -0.390 e. The highest BCUT2D eigenvalue weighted by atomic mass is 16.3. The van der Waals surface area contributed by atoms with Crippen molar-refractivity contribution in [1.29, 1.82) is 0 Å². The van der Waals surface area contributed by atoms with E-state index < -0.39 is 12.2 Å². The highest BCUT2D eigenvalue weighted by Gasteiger charge is 2.41. The van der Waals surface area contributed by atoms with Gasteiger partial charge in [0.15, 0.2) is 0 Å². The van der Waals surface area contributed by atoms with Crippen LogP contribution in [0.3, 0.4) is 0 Å². The van der Waals surface area contributed by atoms with Crippen LogP contribution in [-0.2, 0) is 6.54 Å². The van der Waals surface area contributed by atoms with Crippen molar-refractivity contribution in [3.8, 4) is 5.69 Å². The monoisotopic (exact) mass is 341 g/mol. The lowest BCUT2D eigenvalue weighted by Gasteiger charge is -2.32. The van der Waals surface area contributed by atoms with Gasteiger partial charge in [0.25, 0.3) is 0 Å². The minimum atomic E-state index is -0.554. The minimum absolute atomic E-state index is 0.498. The maximum absolute atomic E-state index is 9.96. The van der Waals surface area contributed by atoms with E-state index >= 15 is 0 Å². The molecule has 5 nitrogen and oxygen atoms in total. The summed E-state index contributed by atoms with van der Waals surface area (Å²) in [4.78, 5) is 2.48. The van der Waals surface area contributed by atoms with Gasteiger partial charge >= 0.3 is 0 Å². The first-order valence-electron chi connectivity index (χ1n) is 9.20. The Morgan fingerprint density at radius 2 is 1.76 bits per heavy atom. The molecule has 4 rings (SSSR count). The Labute approximate surface area is 148 Å². The van der Waals surface area contributed by atoms with Crippen molar-refractivity contribution >= 4 is 0 Å². The number of rotatable bonds is 3. The topological polar surface area (TPSA) is 61.5 Å². The number of likely N-dealkylation sites (tertiary alicyclic amines) is 1. The van der Waals surface area contributed by atoms with Gasteiger partial charge in [-0.3, -0.25) is 4.90 Å². The summed E-state index contributed by atoms with van der Waals surface area (Å²) in [5, 5.41) is 24.4. The molecule has 0 bridgehead atoms. The second-order valence-corrected chi connectivity index (χ2v) is 7.85. The molecule has 25 heavy (non-hydrogen) atoms. The van der Waals surface area contributed by atoms with Gasteiger partial charge in [0, 0.05) is 32.0 Å². The van der Waals surface area contributed by atoms with Gasteiger partial charge in [-0.1, -0.05) is 6.07 Å². The van der Waals surface area contributed by atoms with E-state index in [9.17, 15) is 10.2 Å². The summed E-state index contributed by atoms with van der Waals surface area (Å²) in [6, 6.07) is 6.39. The SMILES string of the molecule is Cc1cc(C)c(CN2C[C@H]3C[C@H](O)[C@@H](O)C[C@H]3C2)c(-n2cccn2)c1. The largest absolute Gasteiger partial charge is 0.390 e. The van der Waals surface area contributed by atoms with Crippen molar-refractivity contribution < 1.29 is 10.2 Å². The molecule has 2 aliphatic rings. The molecule has 1 saturated heterocycles. The van der Waals surface area contributed by atoms with Crippen molar-refractivity contribution in [3.05, 3.63) is 47.3 Å². The molecule has 0 radical (unpaired) electrons. The third-order valence-electron chi connectivity index (χ3n) is 5.91. The van der Waals surface area contributed by atoms with Crippen molar-refractivity contribution in [3.63, 3.8) is 0 Å².